The van der Waals surface area contributed by atoms with Gasteiger partial charge in [-0.1, -0.05) is 12.2 Å². The zero-order chi connectivity index (χ0) is 9.71. The maximum absolute atomic E-state index is 11.0. The molecule has 5 atom stereocenters. The van der Waals surface area contributed by atoms with Gasteiger partial charge < -0.3 is 4.74 Å². The molecule has 0 amide bonds. The molecular weight excluding hydrogens is 176 g/mol. The highest BCUT2D eigenvalue weighted by Crippen LogP contribution is 2.56. The molecule has 3 rings (SSSR count). The van der Waals surface area contributed by atoms with Gasteiger partial charge in [-0.3, -0.25) is 4.79 Å². The monoisotopic (exact) mass is 192 g/mol. The van der Waals surface area contributed by atoms with E-state index in [4.69, 9.17) is 4.74 Å². The Bertz CT molecular complexity index is 295. The van der Waals surface area contributed by atoms with E-state index in [-0.39, 0.29) is 12.1 Å². The van der Waals surface area contributed by atoms with Crippen LogP contribution in [0.4, 0.5) is 0 Å². The number of fused-ring (bicyclic) bond motifs is 5. The summed E-state index contributed by atoms with van der Waals surface area (Å²) in [5, 5.41) is 0. The van der Waals surface area contributed by atoms with Crippen molar-refractivity contribution >= 4 is 5.97 Å². The van der Waals surface area contributed by atoms with Crippen LogP contribution in [0.2, 0.25) is 0 Å². The first-order chi connectivity index (χ1) is 6.75. The van der Waals surface area contributed by atoms with Gasteiger partial charge in [-0.25, -0.2) is 0 Å². The van der Waals surface area contributed by atoms with E-state index < -0.39 is 0 Å². The minimum absolute atomic E-state index is 0.109. The molecule has 2 saturated carbocycles. The average Bonchev–Trinajstić information content (AvgIpc) is 2.74. The van der Waals surface area contributed by atoms with E-state index in [1.165, 1.54) is 19.8 Å². The van der Waals surface area contributed by atoms with E-state index in [0.717, 1.165) is 18.3 Å². The molecule has 0 heterocycles. The molecule has 3 aliphatic rings. The van der Waals surface area contributed by atoms with Gasteiger partial charge in [0.1, 0.15) is 6.10 Å². The molecule has 0 aromatic heterocycles. The molecule has 0 saturated heterocycles. The highest BCUT2D eigenvalue weighted by Gasteiger charge is 2.52. The van der Waals surface area contributed by atoms with Gasteiger partial charge in [0.2, 0.25) is 0 Å². The number of hydrogen-bond acceptors (Lipinski definition) is 2. The van der Waals surface area contributed by atoms with Crippen molar-refractivity contribution in [3.63, 3.8) is 0 Å². The Balaban J connectivity index is 1.79. The molecule has 2 heteroatoms. The minimum atomic E-state index is -0.109. The van der Waals surface area contributed by atoms with Crippen LogP contribution < -0.4 is 0 Å². The molecule has 5 unspecified atom stereocenters. The Morgan fingerprint density at radius 2 is 2.07 bits per heavy atom. The molecule has 2 bridgehead atoms. The largest absolute Gasteiger partial charge is 0.462 e. The van der Waals surface area contributed by atoms with E-state index >= 15 is 0 Å². The number of esters is 1. The maximum Gasteiger partial charge on any atom is 0.302 e. The molecule has 0 aromatic rings. The summed E-state index contributed by atoms with van der Waals surface area (Å²) in [7, 11) is 0. The molecule has 76 valence electrons. The van der Waals surface area contributed by atoms with Gasteiger partial charge >= 0.3 is 5.97 Å². The van der Waals surface area contributed by atoms with Crippen LogP contribution in [0.15, 0.2) is 12.2 Å². The molecule has 0 spiro atoms. The molecule has 3 aliphatic carbocycles. The second-order valence-corrected chi connectivity index (χ2v) is 4.91. The fraction of sp³-hybridized carbons (Fsp3) is 0.750. The first-order valence-corrected chi connectivity index (χ1v) is 5.61. The van der Waals surface area contributed by atoms with Crippen LogP contribution in [0.1, 0.15) is 26.2 Å². The minimum Gasteiger partial charge on any atom is -0.462 e. The standard InChI is InChI=1S/C12H16O2/c1-7(13)14-11-5-4-10-8-2-3-9(6-8)12(10)11/h2-3,8-12H,4-6H2,1H3. The van der Waals surface area contributed by atoms with Crippen LogP contribution in [0.25, 0.3) is 0 Å². The van der Waals surface area contributed by atoms with Crippen molar-refractivity contribution in [3.05, 3.63) is 12.2 Å². The van der Waals surface area contributed by atoms with Gasteiger partial charge in [0.05, 0.1) is 0 Å². The van der Waals surface area contributed by atoms with Crippen molar-refractivity contribution in [2.24, 2.45) is 23.7 Å². The van der Waals surface area contributed by atoms with Gasteiger partial charge in [-0.15, -0.1) is 0 Å². The Hall–Kier alpha value is -0.790. The SMILES string of the molecule is CC(=O)OC1CCC2C3C=CC(C3)C12. The number of rotatable bonds is 1. The first kappa shape index (κ1) is 8.51. The molecule has 2 fully saturated rings. The van der Waals surface area contributed by atoms with E-state index in [2.05, 4.69) is 12.2 Å². The predicted molar refractivity (Wildman–Crippen MR) is 52.5 cm³/mol. The van der Waals surface area contributed by atoms with Crippen molar-refractivity contribution in [3.8, 4) is 0 Å². The molecule has 0 aliphatic heterocycles. The Kier molecular flexibility index (Phi) is 1.73. The van der Waals surface area contributed by atoms with Crippen LogP contribution in [0.3, 0.4) is 0 Å². The summed E-state index contributed by atoms with van der Waals surface area (Å²) in [4.78, 5) is 11.0. The second kappa shape index (κ2) is 2.85. The Labute approximate surface area is 84.3 Å². The van der Waals surface area contributed by atoms with Gasteiger partial charge in [-0.2, -0.15) is 0 Å². The topological polar surface area (TPSA) is 26.3 Å². The number of carbonyl (C=O) groups excluding carboxylic acids is 1. The van der Waals surface area contributed by atoms with E-state index in [1.54, 1.807) is 0 Å². The summed E-state index contributed by atoms with van der Waals surface area (Å²) in [5.41, 5.74) is 0. The number of hydrogen-bond donors (Lipinski definition) is 0. The molecule has 0 N–H and O–H groups in total. The van der Waals surface area contributed by atoms with E-state index in [9.17, 15) is 4.79 Å². The Morgan fingerprint density at radius 1 is 1.29 bits per heavy atom. The van der Waals surface area contributed by atoms with Crippen molar-refractivity contribution in [1.29, 1.82) is 0 Å². The number of carbonyl (C=O) groups is 1. The third kappa shape index (κ3) is 1.06. The molecular formula is C12H16O2. The summed E-state index contributed by atoms with van der Waals surface area (Å²) in [6.45, 7) is 1.52. The number of ether oxygens (including phenoxy) is 1. The van der Waals surface area contributed by atoms with Crippen molar-refractivity contribution < 1.29 is 9.53 Å². The lowest BCUT2D eigenvalue weighted by Crippen LogP contribution is -2.27. The maximum atomic E-state index is 11.0. The fourth-order valence-corrected chi connectivity index (χ4v) is 3.82. The van der Waals surface area contributed by atoms with Gasteiger partial charge in [0, 0.05) is 12.8 Å². The lowest BCUT2D eigenvalue weighted by Gasteiger charge is -2.25. The first-order valence-electron chi connectivity index (χ1n) is 5.61. The van der Waals surface area contributed by atoms with Gasteiger partial charge in [0.25, 0.3) is 0 Å². The molecule has 2 nitrogen and oxygen atoms in total. The molecule has 0 radical (unpaired) electrons. The Morgan fingerprint density at radius 3 is 2.86 bits per heavy atom. The smallest absolute Gasteiger partial charge is 0.302 e. The predicted octanol–water partition coefficient (Wildman–Crippen LogP) is 2.15. The quantitative estimate of drug-likeness (QED) is 0.470. The van der Waals surface area contributed by atoms with Crippen LogP contribution in [0, 0.1) is 23.7 Å². The summed E-state index contributed by atoms with van der Waals surface area (Å²) >= 11 is 0. The van der Waals surface area contributed by atoms with Gasteiger partial charge in [-0.05, 0) is 37.0 Å². The van der Waals surface area contributed by atoms with Crippen LogP contribution in [-0.4, -0.2) is 12.1 Å². The third-order valence-corrected chi connectivity index (χ3v) is 4.22. The fourth-order valence-electron chi connectivity index (χ4n) is 3.82. The van der Waals surface area contributed by atoms with Crippen LogP contribution in [-0.2, 0) is 9.53 Å². The lowest BCUT2D eigenvalue weighted by atomic mass is 9.85. The van der Waals surface area contributed by atoms with Crippen LogP contribution in [0.5, 0.6) is 0 Å². The summed E-state index contributed by atoms with van der Waals surface area (Å²) in [6.07, 6.45) is 8.60. The normalized spacial score (nSPS) is 48.2. The third-order valence-electron chi connectivity index (χ3n) is 4.22. The van der Waals surface area contributed by atoms with Crippen molar-refractivity contribution in [2.45, 2.75) is 32.3 Å². The summed E-state index contributed by atoms with van der Waals surface area (Å²) in [6, 6.07) is 0. The lowest BCUT2D eigenvalue weighted by molar-refractivity contribution is -0.148. The zero-order valence-corrected chi connectivity index (χ0v) is 8.48. The van der Waals surface area contributed by atoms with E-state index in [1.807, 2.05) is 0 Å². The second-order valence-electron chi connectivity index (χ2n) is 4.91. The zero-order valence-electron chi connectivity index (χ0n) is 8.48. The van der Waals surface area contributed by atoms with Crippen LogP contribution >= 0.6 is 0 Å². The average molecular weight is 192 g/mol. The molecule has 14 heavy (non-hydrogen) atoms. The van der Waals surface area contributed by atoms with Gasteiger partial charge in [0.15, 0.2) is 0 Å². The number of allylic oxidation sites excluding steroid dienone is 2. The van der Waals surface area contributed by atoms with Crippen molar-refractivity contribution in [2.75, 3.05) is 0 Å². The summed E-state index contributed by atoms with van der Waals surface area (Å²) < 4.78 is 5.40. The van der Waals surface area contributed by atoms with E-state index in [0.29, 0.717) is 11.8 Å². The molecule has 0 aromatic carbocycles. The van der Waals surface area contributed by atoms with Crippen molar-refractivity contribution in [1.82, 2.24) is 0 Å². The summed E-state index contributed by atoms with van der Waals surface area (Å²) in [5.74, 6) is 2.85. The highest BCUT2D eigenvalue weighted by atomic mass is 16.5. The highest BCUT2D eigenvalue weighted by molar-refractivity contribution is 5.66.